The first kappa shape index (κ1) is 17.8. The summed E-state index contributed by atoms with van der Waals surface area (Å²) in [5.41, 5.74) is 5.30. The third-order valence-corrected chi connectivity index (χ3v) is 10.7. The maximum absolute atomic E-state index is 2.47. The molecule has 1 unspecified atom stereocenters. The molecular formula is C24H35P. The summed E-state index contributed by atoms with van der Waals surface area (Å²) in [5, 5.41) is 0. The highest BCUT2D eigenvalue weighted by Crippen LogP contribution is 2.56. The molecule has 0 N–H and O–H groups in total. The Hall–Kier alpha value is -0.610. The van der Waals surface area contributed by atoms with E-state index in [4.69, 9.17) is 0 Å². The summed E-state index contributed by atoms with van der Waals surface area (Å²) in [6, 6.07) is 9.03. The molecule has 2 saturated carbocycles. The first-order valence-electron chi connectivity index (χ1n) is 10.9. The standard InChI is InChI=1S/C24H35P/c1-3-12-22(13-4-1)25(23-14-5-2-6-15-23)19-9-11-21-18-17-20-10-7-8-16-24(20)21/h7-8,10,16-18,21-23H,1-6,9,11-15,19H2. The molecule has 0 heterocycles. The van der Waals surface area contributed by atoms with E-state index >= 15 is 0 Å². The van der Waals surface area contributed by atoms with Crippen LogP contribution < -0.4 is 0 Å². The molecule has 0 aliphatic heterocycles. The van der Waals surface area contributed by atoms with Gasteiger partial charge in [-0.25, -0.2) is 0 Å². The number of hydrogen-bond donors (Lipinski definition) is 0. The summed E-state index contributed by atoms with van der Waals surface area (Å²) in [5.74, 6) is 0.700. The van der Waals surface area contributed by atoms with E-state index in [1.165, 1.54) is 56.9 Å². The molecule has 1 aromatic rings. The third kappa shape index (κ3) is 4.39. The number of hydrogen-bond acceptors (Lipinski definition) is 0. The summed E-state index contributed by atoms with van der Waals surface area (Å²) in [6.45, 7) is 0. The molecule has 1 aromatic carbocycles. The second-order valence-corrected chi connectivity index (χ2v) is 11.5. The fourth-order valence-electron chi connectivity index (χ4n) is 5.56. The Labute approximate surface area is 156 Å². The van der Waals surface area contributed by atoms with E-state index in [9.17, 15) is 0 Å². The van der Waals surface area contributed by atoms with Gasteiger partial charge in [-0.1, -0.05) is 74.9 Å². The van der Waals surface area contributed by atoms with Crippen LogP contribution in [0.4, 0.5) is 0 Å². The van der Waals surface area contributed by atoms with Gasteiger partial charge in [0, 0.05) is 5.92 Å². The number of benzene rings is 1. The van der Waals surface area contributed by atoms with E-state index < -0.39 is 0 Å². The topological polar surface area (TPSA) is 0 Å². The molecule has 3 aliphatic carbocycles. The van der Waals surface area contributed by atoms with Gasteiger partial charge in [0.1, 0.15) is 0 Å². The van der Waals surface area contributed by atoms with E-state index in [1.54, 1.807) is 37.4 Å². The lowest BCUT2D eigenvalue weighted by Crippen LogP contribution is -2.22. The summed E-state index contributed by atoms with van der Waals surface area (Å²) < 4.78 is 0. The van der Waals surface area contributed by atoms with Crippen molar-refractivity contribution in [3.05, 3.63) is 41.5 Å². The van der Waals surface area contributed by atoms with Crippen molar-refractivity contribution < 1.29 is 0 Å². The first-order chi connectivity index (χ1) is 12.4. The molecule has 25 heavy (non-hydrogen) atoms. The van der Waals surface area contributed by atoms with Crippen molar-refractivity contribution >= 4 is 14.0 Å². The van der Waals surface area contributed by atoms with Gasteiger partial charge in [0.2, 0.25) is 0 Å². The molecule has 0 bridgehead atoms. The van der Waals surface area contributed by atoms with Gasteiger partial charge in [-0.2, -0.15) is 0 Å². The van der Waals surface area contributed by atoms with Gasteiger partial charge < -0.3 is 0 Å². The molecule has 0 saturated heterocycles. The third-order valence-electron chi connectivity index (χ3n) is 6.92. The van der Waals surface area contributed by atoms with Crippen LogP contribution in [0.3, 0.4) is 0 Å². The number of allylic oxidation sites excluding steroid dienone is 1. The second-order valence-electron chi connectivity index (χ2n) is 8.56. The van der Waals surface area contributed by atoms with Crippen LogP contribution in [0.15, 0.2) is 30.3 Å². The highest BCUT2D eigenvalue weighted by atomic mass is 31.1. The minimum atomic E-state index is 0.291. The molecule has 1 heteroatoms. The molecule has 2 fully saturated rings. The van der Waals surface area contributed by atoms with Crippen molar-refractivity contribution in [2.24, 2.45) is 0 Å². The Kier molecular flexibility index (Phi) is 6.30. The van der Waals surface area contributed by atoms with Gasteiger partial charge in [-0.05, 0) is 67.1 Å². The SMILES string of the molecule is C1=CC(CCCP(C2CCCCC2)C2CCCCC2)c2ccccc21. The van der Waals surface area contributed by atoms with Crippen LogP contribution >= 0.6 is 7.92 Å². The molecule has 136 valence electrons. The van der Waals surface area contributed by atoms with Crippen molar-refractivity contribution in [1.82, 2.24) is 0 Å². The van der Waals surface area contributed by atoms with Crippen LogP contribution in [0.2, 0.25) is 0 Å². The lowest BCUT2D eigenvalue weighted by molar-refractivity contribution is 0.483. The van der Waals surface area contributed by atoms with Gasteiger partial charge in [-0.3, -0.25) is 0 Å². The number of rotatable bonds is 6. The van der Waals surface area contributed by atoms with Gasteiger partial charge in [-0.15, -0.1) is 7.92 Å². The average Bonchev–Trinajstić information content (AvgIpc) is 3.10. The van der Waals surface area contributed by atoms with Crippen LogP contribution in [-0.4, -0.2) is 17.5 Å². The Morgan fingerprint density at radius 3 is 2.12 bits per heavy atom. The van der Waals surface area contributed by atoms with E-state index in [0.717, 1.165) is 11.3 Å². The van der Waals surface area contributed by atoms with Crippen molar-refractivity contribution in [3.8, 4) is 0 Å². The zero-order valence-electron chi connectivity index (χ0n) is 15.8. The zero-order valence-corrected chi connectivity index (χ0v) is 16.7. The lowest BCUT2D eigenvalue weighted by atomic mass is 9.97. The molecule has 0 nitrogen and oxygen atoms in total. The minimum Gasteiger partial charge on any atom is -0.100 e. The van der Waals surface area contributed by atoms with Crippen LogP contribution in [0.1, 0.15) is 94.1 Å². The summed E-state index contributed by atoms with van der Waals surface area (Å²) in [7, 11) is 0.291. The molecule has 4 rings (SSSR count). The lowest BCUT2D eigenvalue weighted by Gasteiger charge is -2.38. The average molecular weight is 355 g/mol. The molecular weight excluding hydrogens is 319 g/mol. The summed E-state index contributed by atoms with van der Waals surface area (Å²) in [4.78, 5) is 0. The highest BCUT2D eigenvalue weighted by molar-refractivity contribution is 7.59. The van der Waals surface area contributed by atoms with Gasteiger partial charge in [0.05, 0.1) is 0 Å². The van der Waals surface area contributed by atoms with Crippen LogP contribution in [0.25, 0.3) is 6.08 Å². The van der Waals surface area contributed by atoms with Crippen molar-refractivity contribution in [1.29, 1.82) is 0 Å². The normalized spacial score (nSPS) is 24.8. The number of fused-ring (bicyclic) bond motifs is 1. The predicted octanol–water partition coefficient (Wildman–Crippen LogP) is 7.72. The van der Waals surface area contributed by atoms with E-state index in [1.807, 2.05) is 0 Å². The summed E-state index contributed by atoms with van der Waals surface area (Å²) in [6.07, 6.45) is 24.6. The second kappa shape index (κ2) is 8.85. The van der Waals surface area contributed by atoms with Gasteiger partial charge in [0.15, 0.2) is 0 Å². The smallest absolute Gasteiger partial charge is 0.00273 e. The minimum absolute atomic E-state index is 0.291. The molecule has 0 amide bonds. The van der Waals surface area contributed by atoms with E-state index in [2.05, 4.69) is 36.4 Å². The Balaban J connectivity index is 1.35. The fraction of sp³-hybridized carbons (Fsp3) is 0.667. The molecule has 0 radical (unpaired) electrons. The van der Waals surface area contributed by atoms with Crippen molar-refractivity contribution in [2.45, 2.75) is 94.3 Å². The van der Waals surface area contributed by atoms with E-state index in [0.29, 0.717) is 13.8 Å². The fourth-order valence-corrected chi connectivity index (χ4v) is 9.49. The highest BCUT2D eigenvalue weighted by Gasteiger charge is 2.30. The van der Waals surface area contributed by atoms with E-state index in [-0.39, 0.29) is 0 Å². The Bertz CT molecular complexity index is 545. The van der Waals surface area contributed by atoms with Crippen molar-refractivity contribution in [3.63, 3.8) is 0 Å². The Morgan fingerprint density at radius 1 is 0.800 bits per heavy atom. The van der Waals surface area contributed by atoms with Crippen LogP contribution in [0, 0.1) is 0 Å². The molecule has 3 aliphatic rings. The first-order valence-corrected chi connectivity index (χ1v) is 12.6. The maximum Gasteiger partial charge on any atom is 0.00273 e. The molecule has 1 atom stereocenters. The maximum atomic E-state index is 2.47. The Morgan fingerprint density at radius 2 is 1.44 bits per heavy atom. The zero-order chi connectivity index (χ0) is 16.9. The quantitative estimate of drug-likeness (QED) is 0.459. The molecule has 0 spiro atoms. The van der Waals surface area contributed by atoms with Crippen LogP contribution in [0.5, 0.6) is 0 Å². The predicted molar refractivity (Wildman–Crippen MR) is 113 cm³/mol. The van der Waals surface area contributed by atoms with Crippen LogP contribution in [-0.2, 0) is 0 Å². The van der Waals surface area contributed by atoms with Crippen molar-refractivity contribution in [2.75, 3.05) is 6.16 Å². The molecule has 0 aromatic heterocycles. The summed E-state index contributed by atoms with van der Waals surface area (Å²) >= 11 is 0. The monoisotopic (exact) mass is 354 g/mol. The van der Waals surface area contributed by atoms with Gasteiger partial charge >= 0.3 is 0 Å². The van der Waals surface area contributed by atoms with Gasteiger partial charge in [0.25, 0.3) is 0 Å². The largest absolute Gasteiger partial charge is 0.100 e.